The van der Waals surface area contributed by atoms with Gasteiger partial charge < -0.3 is 10.5 Å². The molecule has 0 fully saturated rings. The molecule has 0 unspecified atom stereocenters. The lowest BCUT2D eigenvalue weighted by Gasteiger charge is -2.05. The third-order valence-corrected chi connectivity index (χ3v) is 2.10. The Hall–Kier alpha value is -1.66. The number of nitrogens with zero attached hydrogens (tertiary/aromatic N) is 3. The van der Waals surface area contributed by atoms with Gasteiger partial charge in [0.1, 0.15) is 0 Å². The van der Waals surface area contributed by atoms with E-state index in [1.165, 1.54) is 12.1 Å². The van der Waals surface area contributed by atoms with Crippen molar-refractivity contribution in [3.8, 4) is 11.8 Å². The van der Waals surface area contributed by atoms with E-state index < -0.39 is 5.82 Å². The molecular formula is C9H5Cl2FN4O. The number of nitrogen functional groups attached to an aromatic ring is 1. The molecule has 0 amide bonds. The summed E-state index contributed by atoms with van der Waals surface area (Å²) in [6.07, 6.45) is 0. The molecule has 5 nitrogen and oxygen atoms in total. The van der Waals surface area contributed by atoms with Gasteiger partial charge in [0, 0.05) is 5.02 Å². The van der Waals surface area contributed by atoms with Gasteiger partial charge in [-0.1, -0.05) is 11.6 Å². The number of hydrogen-bond acceptors (Lipinski definition) is 5. The van der Waals surface area contributed by atoms with E-state index in [9.17, 15) is 4.39 Å². The van der Waals surface area contributed by atoms with E-state index in [1.54, 1.807) is 0 Å². The van der Waals surface area contributed by atoms with Crippen LogP contribution in [0.3, 0.4) is 0 Å². The van der Waals surface area contributed by atoms with Crippen LogP contribution in [0, 0.1) is 5.82 Å². The predicted octanol–water partition coefficient (Wildman–Crippen LogP) is 2.69. The Kier molecular flexibility index (Phi) is 3.26. The van der Waals surface area contributed by atoms with Crippen molar-refractivity contribution in [1.29, 1.82) is 0 Å². The second-order valence-corrected chi connectivity index (χ2v) is 3.70. The summed E-state index contributed by atoms with van der Waals surface area (Å²) < 4.78 is 18.5. The number of rotatable bonds is 2. The van der Waals surface area contributed by atoms with Gasteiger partial charge in [0.25, 0.3) is 0 Å². The first-order chi connectivity index (χ1) is 8.04. The molecule has 0 radical (unpaired) electrons. The van der Waals surface area contributed by atoms with E-state index in [-0.39, 0.29) is 28.0 Å². The smallest absolute Gasteiger partial charge is 0.328 e. The van der Waals surface area contributed by atoms with Gasteiger partial charge in [0.15, 0.2) is 11.6 Å². The molecular weight excluding hydrogens is 270 g/mol. The van der Waals surface area contributed by atoms with Crippen LogP contribution in [-0.2, 0) is 0 Å². The molecule has 0 aliphatic heterocycles. The van der Waals surface area contributed by atoms with Crippen LogP contribution >= 0.6 is 23.2 Å². The fraction of sp³-hybridized carbons (Fsp3) is 0. The van der Waals surface area contributed by atoms with Crippen LogP contribution in [0.2, 0.25) is 10.3 Å². The van der Waals surface area contributed by atoms with Crippen LogP contribution in [0.5, 0.6) is 11.8 Å². The number of benzene rings is 1. The predicted molar refractivity (Wildman–Crippen MR) is 60.7 cm³/mol. The first kappa shape index (κ1) is 11.8. The molecule has 0 saturated heterocycles. The maximum absolute atomic E-state index is 13.4. The molecule has 0 aliphatic rings. The van der Waals surface area contributed by atoms with E-state index in [2.05, 4.69) is 15.0 Å². The van der Waals surface area contributed by atoms with E-state index in [4.69, 9.17) is 33.7 Å². The topological polar surface area (TPSA) is 73.9 Å². The lowest BCUT2D eigenvalue weighted by atomic mass is 10.3. The number of halogens is 3. The SMILES string of the molecule is Nc1nc(Cl)nc(Oc2ccc(Cl)cc2F)n1. The molecule has 88 valence electrons. The number of aromatic nitrogens is 3. The zero-order valence-corrected chi connectivity index (χ0v) is 9.71. The average Bonchev–Trinajstić information content (AvgIpc) is 2.21. The highest BCUT2D eigenvalue weighted by Crippen LogP contribution is 2.25. The zero-order valence-electron chi connectivity index (χ0n) is 8.19. The number of anilines is 1. The van der Waals surface area contributed by atoms with Crippen molar-refractivity contribution in [2.45, 2.75) is 0 Å². The van der Waals surface area contributed by atoms with Crippen LogP contribution < -0.4 is 10.5 Å². The molecule has 0 aliphatic carbocycles. The van der Waals surface area contributed by atoms with Gasteiger partial charge in [-0.05, 0) is 29.8 Å². The summed E-state index contributed by atoms with van der Waals surface area (Å²) in [7, 11) is 0. The van der Waals surface area contributed by atoms with Gasteiger partial charge in [-0.25, -0.2) is 4.39 Å². The van der Waals surface area contributed by atoms with Gasteiger partial charge in [-0.3, -0.25) is 0 Å². The molecule has 0 saturated carbocycles. The first-order valence-electron chi connectivity index (χ1n) is 4.34. The van der Waals surface area contributed by atoms with Crippen LogP contribution in [0.1, 0.15) is 0 Å². The summed E-state index contributed by atoms with van der Waals surface area (Å²) in [5.74, 6) is -0.849. The van der Waals surface area contributed by atoms with Crippen molar-refractivity contribution in [3.05, 3.63) is 34.3 Å². The van der Waals surface area contributed by atoms with E-state index in [0.717, 1.165) is 6.07 Å². The van der Waals surface area contributed by atoms with E-state index >= 15 is 0 Å². The van der Waals surface area contributed by atoms with Crippen molar-refractivity contribution < 1.29 is 9.13 Å². The Morgan fingerprint density at radius 3 is 2.59 bits per heavy atom. The summed E-state index contributed by atoms with van der Waals surface area (Å²) in [6, 6.07) is 3.71. The maximum atomic E-state index is 13.4. The first-order valence-corrected chi connectivity index (χ1v) is 5.10. The third-order valence-electron chi connectivity index (χ3n) is 1.70. The van der Waals surface area contributed by atoms with Crippen molar-refractivity contribution in [1.82, 2.24) is 15.0 Å². The summed E-state index contributed by atoms with van der Waals surface area (Å²) in [6.45, 7) is 0. The minimum atomic E-state index is -0.646. The van der Waals surface area contributed by atoms with Crippen LogP contribution in [0.4, 0.5) is 10.3 Å². The minimum absolute atomic E-state index is 0.0870. The van der Waals surface area contributed by atoms with Gasteiger partial charge in [-0.15, -0.1) is 0 Å². The average molecular weight is 275 g/mol. The monoisotopic (exact) mass is 274 g/mol. The van der Waals surface area contributed by atoms with Crippen molar-refractivity contribution >= 4 is 29.2 Å². The highest BCUT2D eigenvalue weighted by atomic mass is 35.5. The fourth-order valence-electron chi connectivity index (χ4n) is 1.05. The Bertz CT molecular complexity index is 546. The molecule has 17 heavy (non-hydrogen) atoms. The maximum Gasteiger partial charge on any atom is 0.328 e. The van der Waals surface area contributed by atoms with E-state index in [1.807, 2.05) is 0 Å². The quantitative estimate of drug-likeness (QED) is 0.912. The van der Waals surface area contributed by atoms with Crippen LogP contribution in [0.15, 0.2) is 18.2 Å². The lowest BCUT2D eigenvalue weighted by molar-refractivity contribution is 0.410. The number of ether oxygens (including phenoxy) is 1. The Balaban J connectivity index is 2.31. The fourth-order valence-corrected chi connectivity index (χ4v) is 1.37. The van der Waals surface area contributed by atoms with Crippen molar-refractivity contribution in [2.75, 3.05) is 5.73 Å². The summed E-state index contributed by atoms with van der Waals surface area (Å²) in [5.41, 5.74) is 5.33. The molecule has 2 rings (SSSR count). The Labute approximate surface area is 105 Å². The second kappa shape index (κ2) is 4.68. The highest BCUT2D eigenvalue weighted by molar-refractivity contribution is 6.30. The van der Waals surface area contributed by atoms with Crippen LogP contribution in [-0.4, -0.2) is 15.0 Å². The van der Waals surface area contributed by atoms with E-state index in [0.29, 0.717) is 0 Å². The molecule has 2 N–H and O–H groups in total. The minimum Gasteiger partial charge on any atom is -0.421 e. The van der Waals surface area contributed by atoms with Crippen molar-refractivity contribution in [2.24, 2.45) is 0 Å². The van der Waals surface area contributed by atoms with Crippen molar-refractivity contribution in [3.63, 3.8) is 0 Å². The normalized spacial score (nSPS) is 10.3. The van der Waals surface area contributed by atoms with Gasteiger partial charge in [0.05, 0.1) is 0 Å². The largest absolute Gasteiger partial charge is 0.421 e. The summed E-state index contributed by atoms with van der Waals surface area (Å²) >= 11 is 11.1. The third kappa shape index (κ3) is 2.92. The lowest BCUT2D eigenvalue weighted by Crippen LogP contribution is -2.01. The molecule has 8 heteroatoms. The zero-order chi connectivity index (χ0) is 12.4. The highest BCUT2D eigenvalue weighted by Gasteiger charge is 2.09. The molecule has 1 aromatic heterocycles. The molecule has 0 atom stereocenters. The van der Waals surface area contributed by atoms with Gasteiger partial charge >= 0.3 is 6.01 Å². The Morgan fingerprint density at radius 1 is 1.18 bits per heavy atom. The summed E-state index contributed by atoms with van der Waals surface area (Å²) in [4.78, 5) is 10.8. The van der Waals surface area contributed by atoms with Gasteiger partial charge in [0.2, 0.25) is 11.2 Å². The molecule has 1 aromatic carbocycles. The standard InChI is InChI=1S/C9H5Cl2FN4O/c10-4-1-2-6(5(12)3-4)17-9-15-7(11)14-8(13)16-9/h1-3H,(H2,13,14,15,16). The number of nitrogens with two attached hydrogens (primary N) is 1. The Morgan fingerprint density at radius 2 is 1.94 bits per heavy atom. The molecule has 2 aromatic rings. The molecule has 0 bridgehead atoms. The van der Waals surface area contributed by atoms with Gasteiger partial charge in [-0.2, -0.15) is 15.0 Å². The second-order valence-electron chi connectivity index (χ2n) is 2.92. The molecule has 1 heterocycles. The number of hydrogen-bond donors (Lipinski definition) is 1. The summed E-state index contributed by atoms with van der Waals surface area (Å²) in [5, 5.41) is 0.116. The van der Waals surface area contributed by atoms with Crippen LogP contribution in [0.25, 0.3) is 0 Å². The molecule has 0 spiro atoms.